The van der Waals surface area contributed by atoms with Gasteiger partial charge in [-0.3, -0.25) is 4.79 Å². The van der Waals surface area contributed by atoms with Crippen molar-refractivity contribution in [2.75, 3.05) is 19.6 Å². The van der Waals surface area contributed by atoms with Crippen molar-refractivity contribution in [1.82, 2.24) is 15.5 Å². The quantitative estimate of drug-likeness (QED) is 0.617. The SMILES string of the molecule is CC(C)CCN1CCC(NCc2ccc(C(=O)NCc3c(F)cccc3F)cc2)CC1. The summed E-state index contributed by atoms with van der Waals surface area (Å²) in [4.78, 5) is 14.9. The van der Waals surface area contributed by atoms with E-state index in [2.05, 4.69) is 29.4 Å². The second kappa shape index (κ2) is 11.3. The summed E-state index contributed by atoms with van der Waals surface area (Å²) in [6.07, 6.45) is 3.57. The smallest absolute Gasteiger partial charge is 0.251 e. The molecule has 2 aromatic rings. The molecule has 1 heterocycles. The van der Waals surface area contributed by atoms with Gasteiger partial charge in [0.15, 0.2) is 0 Å². The molecule has 0 aromatic heterocycles. The molecule has 1 amide bonds. The van der Waals surface area contributed by atoms with Crippen LogP contribution in [0.4, 0.5) is 8.78 Å². The third kappa shape index (κ3) is 7.11. The van der Waals surface area contributed by atoms with Crippen molar-refractivity contribution in [3.63, 3.8) is 0 Å². The molecule has 6 heteroatoms. The van der Waals surface area contributed by atoms with Gasteiger partial charge in [-0.15, -0.1) is 0 Å². The summed E-state index contributed by atoms with van der Waals surface area (Å²) in [5.74, 6) is -0.919. The summed E-state index contributed by atoms with van der Waals surface area (Å²) >= 11 is 0. The Balaban J connectivity index is 1.41. The van der Waals surface area contributed by atoms with Crippen LogP contribution in [0.1, 0.15) is 54.6 Å². The molecule has 2 N–H and O–H groups in total. The van der Waals surface area contributed by atoms with E-state index in [4.69, 9.17) is 0 Å². The van der Waals surface area contributed by atoms with E-state index in [1.165, 1.54) is 31.2 Å². The lowest BCUT2D eigenvalue weighted by Gasteiger charge is -2.32. The predicted octanol–water partition coefficient (Wildman–Crippen LogP) is 4.49. The van der Waals surface area contributed by atoms with Gasteiger partial charge < -0.3 is 15.5 Å². The fourth-order valence-electron chi connectivity index (χ4n) is 3.81. The number of rotatable bonds is 9. The number of nitrogens with zero attached hydrogens (tertiary/aromatic N) is 1. The third-order valence-electron chi connectivity index (χ3n) is 5.91. The Morgan fingerprint density at radius 2 is 1.68 bits per heavy atom. The Hall–Kier alpha value is -2.31. The number of carbonyl (C=O) groups excluding carboxylic acids is 1. The minimum Gasteiger partial charge on any atom is -0.348 e. The molecule has 0 aliphatic carbocycles. The van der Waals surface area contributed by atoms with Crippen LogP contribution in [0, 0.1) is 17.6 Å². The molecule has 0 unspecified atom stereocenters. The average molecular weight is 430 g/mol. The fourth-order valence-corrected chi connectivity index (χ4v) is 3.81. The number of carbonyl (C=O) groups is 1. The Kier molecular flexibility index (Phi) is 8.55. The van der Waals surface area contributed by atoms with E-state index < -0.39 is 11.6 Å². The zero-order chi connectivity index (χ0) is 22.2. The van der Waals surface area contributed by atoms with Gasteiger partial charge in [0, 0.05) is 30.3 Å². The van der Waals surface area contributed by atoms with Crippen molar-refractivity contribution in [2.45, 2.75) is 52.2 Å². The van der Waals surface area contributed by atoms with Gasteiger partial charge in [-0.1, -0.05) is 32.0 Å². The van der Waals surface area contributed by atoms with Gasteiger partial charge in [0.25, 0.3) is 5.91 Å². The van der Waals surface area contributed by atoms with Crippen molar-refractivity contribution >= 4 is 5.91 Å². The van der Waals surface area contributed by atoms with E-state index in [1.54, 1.807) is 12.1 Å². The Morgan fingerprint density at radius 3 is 2.29 bits per heavy atom. The van der Waals surface area contributed by atoms with Crippen LogP contribution >= 0.6 is 0 Å². The molecule has 168 valence electrons. The first kappa shape index (κ1) is 23.4. The van der Waals surface area contributed by atoms with Crippen molar-refractivity contribution in [3.8, 4) is 0 Å². The van der Waals surface area contributed by atoms with Gasteiger partial charge in [-0.25, -0.2) is 8.78 Å². The van der Waals surface area contributed by atoms with Crippen molar-refractivity contribution < 1.29 is 13.6 Å². The highest BCUT2D eigenvalue weighted by Gasteiger charge is 2.18. The normalized spacial score (nSPS) is 15.4. The second-order valence-electron chi connectivity index (χ2n) is 8.76. The monoisotopic (exact) mass is 429 g/mol. The van der Waals surface area contributed by atoms with Gasteiger partial charge in [0.1, 0.15) is 11.6 Å². The van der Waals surface area contributed by atoms with E-state index in [-0.39, 0.29) is 18.0 Å². The van der Waals surface area contributed by atoms with Crippen molar-refractivity contribution in [1.29, 1.82) is 0 Å². The van der Waals surface area contributed by atoms with Crippen LogP contribution in [0.15, 0.2) is 42.5 Å². The summed E-state index contributed by atoms with van der Waals surface area (Å²) in [6.45, 7) is 8.60. The standard InChI is InChI=1S/C25H33F2N3O/c1-18(2)10-13-30-14-11-21(12-15-30)28-16-19-6-8-20(9-7-19)25(31)29-17-22-23(26)4-3-5-24(22)27/h3-9,18,21,28H,10-17H2,1-2H3,(H,29,31). The topological polar surface area (TPSA) is 44.4 Å². The van der Waals surface area contributed by atoms with Gasteiger partial charge in [0.05, 0.1) is 0 Å². The molecule has 1 saturated heterocycles. The first-order valence-corrected chi connectivity index (χ1v) is 11.2. The number of amides is 1. The van der Waals surface area contributed by atoms with E-state index in [0.29, 0.717) is 11.6 Å². The lowest BCUT2D eigenvalue weighted by Crippen LogP contribution is -2.42. The number of piperidine rings is 1. The van der Waals surface area contributed by atoms with Crippen LogP contribution in [0.2, 0.25) is 0 Å². The molecule has 31 heavy (non-hydrogen) atoms. The zero-order valence-electron chi connectivity index (χ0n) is 18.5. The lowest BCUT2D eigenvalue weighted by molar-refractivity contribution is 0.0950. The fraction of sp³-hybridized carbons (Fsp3) is 0.480. The van der Waals surface area contributed by atoms with Crippen LogP contribution in [-0.4, -0.2) is 36.5 Å². The van der Waals surface area contributed by atoms with Gasteiger partial charge >= 0.3 is 0 Å². The third-order valence-corrected chi connectivity index (χ3v) is 5.91. The molecule has 4 nitrogen and oxygen atoms in total. The maximum Gasteiger partial charge on any atom is 0.251 e. The van der Waals surface area contributed by atoms with Gasteiger partial charge in [0.2, 0.25) is 0 Å². The van der Waals surface area contributed by atoms with Crippen LogP contribution in [0.5, 0.6) is 0 Å². The molecule has 0 radical (unpaired) electrons. The van der Waals surface area contributed by atoms with E-state index in [1.807, 2.05) is 12.1 Å². The molecule has 0 bridgehead atoms. The molecule has 0 saturated carbocycles. The van der Waals surface area contributed by atoms with Crippen LogP contribution in [0.3, 0.4) is 0 Å². The Bertz CT molecular complexity index is 826. The zero-order valence-corrected chi connectivity index (χ0v) is 18.5. The number of likely N-dealkylation sites (tertiary alicyclic amines) is 1. The highest BCUT2D eigenvalue weighted by atomic mass is 19.1. The Morgan fingerprint density at radius 1 is 1.03 bits per heavy atom. The molecule has 0 spiro atoms. The minimum absolute atomic E-state index is 0.132. The molecule has 0 atom stereocenters. The maximum absolute atomic E-state index is 13.7. The molecular weight excluding hydrogens is 396 g/mol. The number of hydrogen-bond acceptors (Lipinski definition) is 3. The predicted molar refractivity (Wildman–Crippen MR) is 120 cm³/mol. The lowest BCUT2D eigenvalue weighted by atomic mass is 10.0. The first-order chi connectivity index (χ1) is 14.9. The number of halogens is 2. The average Bonchev–Trinajstić information content (AvgIpc) is 2.77. The molecule has 1 aliphatic rings. The summed E-state index contributed by atoms with van der Waals surface area (Å²) in [5.41, 5.74) is 1.45. The largest absolute Gasteiger partial charge is 0.348 e. The van der Waals surface area contributed by atoms with Gasteiger partial charge in [-0.05, 0) is 74.6 Å². The molecule has 1 aliphatic heterocycles. The van der Waals surface area contributed by atoms with Crippen molar-refractivity contribution in [3.05, 3.63) is 70.8 Å². The highest BCUT2D eigenvalue weighted by molar-refractivity contribution is 5.94. The minimum atomic E-state index is -0.660. The summed E-state index contributed by atoms with van der Waals surface area (Å²) in [5, 5.41) is 6.20. The molecule has 1 fully saturated rings. The van der Waals surface area contributed by atoms with E-state index >= 15 is 0 Å². The number of nitrogens with one attached hydrogen (secondary N) is 2. The van der Waals surface area contributed by atoms with Crippen molar-refractivity contribution in [2.24, 2.45) is 5.92 Å². The van der Waals surface area contributed by atoms with Crippen LogP contribution < -0.4 is 10.6 Å². The van der Waals surface area contributed by atoms with Gasteiger partial charge in [-0.2, -0.15) is 0 Å². The summed E-state index contributed by atoms with van der Waals surface area (Å²) in [7, 11) is 0. The molecule has 3 rings (SSSR count). The summed E-state index contributed by atoms with van der Waals surface area (Å²) < 4.78 is 27.4. The molecule has 2 aromatic carbocycles. The summed E-state index contributed by atoms with van der Waals surface area (Å²) in [6, 6.07) is 11.5. The van der Waals surface area contributed by atoms with E-state index in [9.17, 15) is 13.6 Å². The second-order valence-corrected chi connectivity index (χ2v) is 8.76. The molecular formula is C25H33F2N3O. The van der Waals surface area contributed by atoms with E-state index in [0.717, 1.165) is 44.0 Å². The maximum atomic E-state index is 13.7. The number of benzene rings is 2. The first-order valence-electron chi connectivity index (χ1n) is 11.2. The Labute approximate surface area is 184 Å². The number of hydrogen-bond donors (Lipinski definition) is 2. The van der Waals surface area contributed by atoms with Crippen LogP contribution in [0.25, 0.3) is 0 Å². The van der Waals surface area contributed by atoms with Crippen LogP contribution in [-0.2, 0) is 13.1 Å². The highest BCUT2D eigenvalue weighted by Crippen LogP contribution is 2.14.